The molecule has 2 aromatic heterocycles. The third-order valence-corrected chi connectivity index (χ3v) is 7.73. The van der Waals surface area contributed by atoms with Crippen LogP contribution in [0, 0.1) is 23.0 Å². The number of carbonyl (C=O) groups is 1. The van der Waals surface area contributed by atoms with Crippen LogP contribution >= 0.6 is 0 Å². The van der Waals surface area contributed by atoms with Crippen LogP contribution in [0.5, 0.6) is 0 Å². The average Bonchev–Trinajstić information content (AvgIpc) is 3.67. The smallest absolute Gasteiger partial charge is 0.356 e. The molecule has 9 nitrogen and oxygen atoms in total. The second-order valence-electron chi connectivity index (χ2n) is 10.2. The first-order chi connectivity index (χ1) is 20.2. The summed E-state index contributed by atoms with van der Waals surface area (Å²) >= 11 is 0. The largest absolute Gasteiger partial charge is 0.471 e. The first-order valence-corrected chi connectivity index (χ1v) is 13.2. The van der Waals surface area contributed by atoms with E-state index in [0.717, 1.165) is 0 Å². The number of nitriles is 1. The minimum atomic E-state index is -4.73. The van der Waals surface area contributed by atoms with Gasteiger partial charge in [-0.05, 0) is 55.5 Å². The Labute approximate surface area is 235 Å². The SMILES string of the molecule is N#C[C@@H]1CCCN1C(=O)c1ccc(-c2ccc(F)c3c(N4CCC(c5noc(C(F)(F)F)n5)CC4)ncnc23)cc1F. The molecule has 4 aromatic rings. The summed E-state index contributed by atoms with van der Waals surface area (Å²) in [5, 5.41) is 12.9. The van der Waals surface area contributed by atoms with Crippen molar-refractivity contribution in [3.05, 3.63) is 65.6 Å². The van der Waals surface area contributed by atoms with Crippen molar-refractivity contribution in [1.29, 1.82) is 5.26 Å². The van der Waals surface area contributed by atoms with E-state index in [4.69, 9.17) is 0 Å². The lowest BCUT2D eigenvalue weighted by Crippen LogP contribution is -2.35. The van der Waals surface area contributed by atoms with Gasteiger partial charge in [0.05, 0.1) is 22.5 Å². The van der Waals surface area contributed by atoms with Crippen molar-refractivity contribution < 1.29 is 31.3 Å². The number of benzene rings is 2. The number of nitrogens with zero attached hydrogens (tertiary/aromatic N) is 7. The molecule has 1 atom stereocenters. The number of alkyl halides is 3. The van der Waals surface area contributed by atoms with Crippen molar-refractivity contribution in [3.8, 4) is 17.2 Å². The predicted octanol–water partition coefficient (Wildman–Crippen LogP) is 5.49. The lowest BCUT2D eigenvalue weighted by atomic mass is 9.95. The van der Waals surface area contributed by atoms with Gasteiger partial charge >= 0.3 is 12.1 Å². The van der Waals surface area contributed by atoms with E-state index in [2.05, 4.69) is 30.7 Å². The molecule has 0 bridgehead atoms. The number of hydrogen-bond acceptors (Lipinski definition) is 8. The molecule has 0 saturated carbocycles. The van der Waals surface area contributed by atoms with Crippen LogP contribution in [0.15, 0.2) is 41.2 Å². The maximum absolute atomic E-state index is 15.2. The van der Waals surface area contributed by atoms with E-state index in [0.29, 0.717) is 62.3 Å². The summed E-state index contributed by atoms with van der Waals surface area (Å²) in [4.78, 5) is 28.2. The fourth-order valence-corrected chi connectivity index (χ4v) is 5.61. The molecule has 42 heavy (non-hydrogen) atoms. The normalized spacial score (nSPS) is 18.0. The van der Waals surface area contributed by atoms with Crippen LogP contribution in [-0.2, 0) is 6.18 Å². The quantitative estimate of drug-likeness (QED) is 0.290. The highest BCUT2D eigenvalue weighted by Crippen LogP contribution is 2.37. The molecule has 2 aliphatic rings. The monoisotopic (exact) mass is 583 g/mol. The summed E-state index contributed by atoms with van der Waals surface area (Å²) < 4.78 is 73.4. The number of piperidine rings is 1. The fraction of sp³-hybridized carbons (Fsp3) is 0.357. The maximum atomic E-state index is 15.2. The summed E-state index contributed by atoms with van der Waals surface area (Å²) in [6, 6.07) is 8.26. The van der Waals surface area contributed by atoms with Crippen molar-refractivity contribution in [2.75, 3.05) is 24.5 Å². The van der Waals surface area contributed by atoms with Gasteiger partial charge in [-0.2, -0.15) is 23.4 Å². The zero-order valence-electron chi connectivity index (χ0n) is 21.9. The van der Waals surface area contributed by atoms with E-state index in [-0.39, 0.29) is 28.2 Å². The molecule has 2 aliphatic heterocycles. The molecule has 6 rings (SSSR count). The molecule has 0 N–H and O–H groups in total. The van der Waals surface area contributed by atoms with Crippen molar-refractivity contribution in [2.24, 2.45) is 0 Å². The van der Waals surface area contributed by atoms with Crippen LogP contribution < -0.4 is 4.90 Å². The van der Waals surface area contributed by atoms with Crippen molar-refractivity contribution in [2.45, 2.75) is 43.8 Å². The van der Waals surface area contributed by atoms with Crippen molar-refractivity contribution >= 4 is 22.6 Å². The number of halogens is 5. The Balaban J connectivity index is 1.27. The first kappa shape index (κ1) is 27.5. The molecule has 216 valence electrons. The molecule has 4 heterocycles. The van der Waals surface area contributed by atoms with E-state index < -0.39 is 35.7 Å². The van der Waals surface area contributed by atoms with Gasteiger partial charge in [0.2, 0.25) is 0 Å². The molecule has 14 heteroatoms. The molecule has 2 saturated heterocycles. The standard InChI is InChI=1S/C28H22F5N7O2/c29-20-6-5-18(16-3-4-19(21(30)12-16)26(41)40-9-1-2-17(40)13-34)23-22(20)25(36-14-35-23)39-10-7-15(8-11-39)24-37-27(42-38-24)28(31,32)33/h3-6,12,14-15,17H,1-2,7-11H2/t17-/m0/s1. The molecule has 2 fully saturated rings. The van der Waals surface area contributed by atoms with Gasteiger partial charge in [-0.25, -0.2) is 18.7 Å². The molecule has 0 radical (unpaired) electrons. The highest BCUT2D eigenvalue weighted by atomic mass is 19.4. The Kier molecular flexibility index (Phi) is 6.96. The second-order valence-corrected chi connectivity index (χ2v) is 10.2. The van der Waals surface area contributed by atoms with Gasteiger partial charge in [-0.1, -0.05) is 11.2 Å². The van der Waals surface area contributed by atoms with Gasteiger partial charge in [0.15, 0.2) is 5.82 Å². The van der Waals surface area contributed by atoms with E-state index in [1.54, 1.807) is 6.07 Å². The third-order valence-electron chi connectivity index (χ3n) is 7.73. The summed E-state index contributed by atoms with van der Waals surface area (Å²) in [7, 11) is 0. The summed E-state index contributed by atoms with van der Waals surface area (Å²) in [5.41, 5.74) is 0.866. The lowest BCUT2D eigenvalue weighted by Gasteiger charge is -2.32. The fourth-order valence-electron chi connectivity index (χ4n) is 5.61. The van der Waals surface area contributed by atoms with Gasteiger partial charge in [0, 0.05) is 31.1 Å². The van der Waals surface area contributed by atoms with E-state index in [1.807, 2.05) is 4.90 Å². The van der Waals surface area contributed by atoms with E-state index >= 15 is 8.78 Å². The predicted molar refractivity (Wildman–Crippen MR) is 138 cm³/mol. The minimum absolute atomic E-state index is 0.0279. The number of aromatic nitrogens is 4. The molecule has 2 aromatic carbocycles. The number of anilines is 1. The Morgan fingerprint density at radius 1 is 1.02 bits per heavy atom. The number of carbonyl (C=O) groups excluding carboxylic acids is 1. The maximum Gasteiger partial charge on any atom is 0.471 e. The summed E-state index contributed by atoms with van der Waals surface area (Å²) in [5.74, 6) is -3.43. The van der Waals surface area contributed by atoms with E-state index in [9.17, 15) is 23.2 Å². The third kappa shape index (κ3) is 4.88. The Morgan fingerprint density at radius 2 is 1.81 bits per heavy atom. The Morgan fingerprint density at radius 3 is 2.50 bits per heavy atom. The van der Waals surface area contributed by atoms with Crippen LogP contribution in [-0.4, -0.2) is 56.6 Å². The number of likely N-dealkylation sites (tertiary alicyclic amines) is 1. The highest BCUT2D eigenvalue weighted by Gasteiger charge is 2.39. The topological polar surface area (TPSA) is 112 Å². The van der Waals surface area contributed by atoms with Crippen LogP contribution in [0.4, 0.5) is 27.8 Å². The van der Waals surface area contributed by atoms with Crippen molar-refractivity contribution in [1.82, 2.24) is 25.0 Å². The van der Waals surface area contributed by atoms with Crippen LogP contribution in [0.2, 0.25) is 0 Å². The van der Waals surface area contributed by atoms with Crippen LogP contribution in [0.3, 0.4) is 0 Å². The van der Waals surface area contributed by atoms with Crippen molar-refractivity contribution in [3.63, 3.8) is 0 Å². The van der Waals surface area contributed by atoms with Gasteiger partial charge in [-0.15, -0.1) is 0 Å². The molecule has 0 aliphatic carbocycles. The van der Waals surface area contributed by atoms with Gasteiger partial charge < -0.3 is 14.3 Å². The number of hydrogen-bond donors (Lipinski definition) is 0. The number of amides is 1. The molecular formula is C28H22F5N7O2. The van der Waals surface area contributed by atoms with Crippen LogP contribution in [0.1, 0.15) is 53.7 Å². The van der Waals surface area contributed by atoms with Gasteiger partial charge in [0.1, 0.15) is 29.8 Å². The molecule has 0 spiro atoms. The number of rotatable bonds is 4. The molecular weight excluding hydrogens is 561 g/mol. The zero-order chi connectivity index (χ0) is 29.6. The van der Waals surface area contributed by atoms with E-state index in [1.165, 1.54) is 35.5 Å². The highest BCUT2D eigenvalue weighted by molar-refractivity contribution is 6.00. The van der Waals surface area contributed by atoms with Gasteiger partial charge in [0.25, 0.3) is 5.91 Å². The zero-order valence-corrected chi connectivity index (χ0v) is 21.9. The lowest BCUT2D eigenvalue weighted by molar-refractivity contribution is -0.159. The second kappa shape index (κ2) is 10.6. The van der Waals surface area contributed by atoms with Crippen LogP contribution in [0.25, 0.3) is 22.0 Å². The summed E-state index contributed by atoms with van der Waals surface area (Å²) in [6.07, 6.45) is -1.48. The number of fused-ring (bicyclic) bond motifs is 1. The Bertz CT molecular complexity index is 1710. The Hall–Kier alpha value is -4.67. The molecule has 0 unspecified atom stereocenters. The molecule has 1 amide bonds. The summed E-state index contributed by atoms with van der Waals surface area (Å²) in [6.45, 7) is 1.05. The first-order valence-electron chi connectivity index (χ1n) is 13.2. The average molecular weight is 584 g/mol. The van der Waals surface area contributed by atoms with Gasteiger partial charge in [-0.3, -0.25) is 4.79 Å². The minimum Gasteiger partial charge on any atom is -0.356 e.